The molecule has 1 heterocycles. The first-order valence-electron chi connectivity index (χ1n) is 11.2. The van der Waals surface area contributed by atoms with Crippen molar-refractivity contribution in [3.8, 4) is 0 Å². The highest BCUT2D eigenvalue weighted by Gasteiger charge is 2.21. The number of carbonyl (C=O) groups is 1. The maximum atomic E-state index is 12.6. The van der Waals surface area contributed by atoms with E-state index in [0.29, 0.717) is 18.2 Å². The number of aliphatic hydroxyl groups excluding tert-OH is 1. The Kier molecular flexibility index (Phi) is 8.29. The monoisotopic (exact) mass is 409 g/mol. The molecule has 1 aliphatic heterocycles. The van der Waals surface area contributed by atoms with Gasteiger partial charge in [0.05, 0.1) is 6.10 Å². The molecule has 162 valence electrons. The largest absolute Gasteiger partial charge is 0.390 e. The minimum atomic E-state index is -0.594. The van der Waals surface area contributed by atoms with Crippen LogP contribution in [0.2, 0.25) is 0 Å². The van der Waals surface area contributed by atoms with E-state index in [-0.39, 0.29) is 12.5 Å². The minimum Gasteiger partial charge on any atom is -0.390 e. The van der Waals surface area contributed by atoms with Crippen LogP contribution >= 0.6 is 0 Å². The molecule has 0 spiro atoms. The first-order chi connectivity index (χ1) is 14.6. The fraction of sp³-hybridized carbons (Fsp3) is 0.480. The van der Waals surface area contributed by atoms with Gasteiger partial charge in [-0.2, -0.15) is 0 Å². The van der Waals surface area contributed by atoms with Crippen LogP contribution in [-0.2, 0) is 13.1 Å². The third-order valence-corrected chi connectivity index (χ3v) is 5.64. The lowest BCUT2D eigenvalue weighted by Gasteiger charge is -2.20. The van der Waals surface area contributed by atoms with E-state index in [0.717, 1.165) is 44.5 Å². The molecule has 0 bridgehead atoms. The maximum Gasteiger partial charge on any atom is 0.251 e. The molecular weight excluding hydrogens is 374 g/mol. The van der Waals surface area contributed by atoms with Crippen molar-refractivity contribution in [2.75, 3.05) is 18.4 Å². The number of fused-ring (bicyclic) bond motifs is 1. The second-order valence-electron chi connectivity index (χ2n) is 8.30. The number of aliphatic hydroxyl groups is 1. The lowest BCUT2D eigenvalue weighted by atomic mass is 10.1. The van der Waals surface area contributed by atoms with Crippen LogP contribution in [0.3, 0.4) is 0 Å². The number of carbonyl (C=O) groups excluding carboxylic acids is 1. The highest BCUT2D eigenvalue weighted by atomic mass is 16.3. The van der Waals surface area contributed by atoms with Crippen LogP contribution in [0.25, 0.3) is 0 Å². The molecule has 1 aliphatic rings. The molecule has 1 atom stereocenters. The lowest BCUT2D eigenvalue weighted by Crippen LogP contribution is -2.38. The number of rotatable bonds is 11. The van der Waals surface area contributed by atoms with Crippen molar-refractivity contribution >= 4 is 11.6 Å². The topological polar surface area (TPSA) is 64.6 Å². The zero-order chi connectivity index (χ0) is 21.3. The molecule has 0 saturated carbocycles. The Balaban J connectivity index is 1.47. The molecule has 1 unspecified atom stereocenters. The quantitative estimate of drug-likeness (QED) is 0.521. The van der Waals surface area contributed by atoms with Gasteiger partial charge in [0.1, 0.15) is 0 Å². The molecule has 0 fully saturated rings. The molecule has 5 heteroatoms. The summed E-state index contributed by atoms with van der Waals surface area (Å²) in [6.45, 7) is 6.89. The van der Waals surface area contributed by atoms with E-state index >= 15 is 0 Å². The Morgan fingerprint density at radius 3 is 2.33 bits per heavy atom. The summed E-state index contributed by atoms with van der Waals surface area (Å²) in [5, 5.41) is 16.9. The number of amides is 1. The van der Waals surface area contributed by atoms with E-state index in [4.69, 9.17) is 0 Å². The van der Waals surface area contributed by atoms with Gasteiger partial charge in [-0.15, -0.1) is 0 Å². The molecule has 0 radical (unpaired) electrons. The van der Waals surface area contributed by atoms with Crippen molar-refractivity contribution in [1.82, 2.24) is 10.2 Å². The summed E-state index contributed by atoms with van der Waals surface area (Å²) >= 11 is 0. The molecule has 0 aromatic heterocycles. The van der Waals surface area contributed by atoms with E-state index in [1.54, 1.807) is 0 Å². The summed E-state index contributed by atoms with van der Waals surface area (Å²) in [6, 6.07) is 16.4. The smallest absolute Gasteiger partial charge is 0.251 e. The number of nitrogens with zero attached hydrogens (tertiary/aromatic N) is 1. The molecule has 5 nitrogen and oxygen atoms in total. The van der Waals surface area contributed by atoms with Gasteiger partial charge in [0.2, 0.25) is 0 Å². The van der Waals surface area contributed by atoms with Gasteiger partial charge in [0, 0.05) is 43.5 Å². The summed E-state index contributed by atoms with van der Waals surface area (Å²) in [5.74, 6) is -0.148. The second kappa shape index (κ2) is 11.1. The zero-order valence-corrected chi connectivity index (χ0v) is 18.2. The van der Waals surface area contributed by atoms with Crippen LogP contribution in [0.15, 0.2) is 48.5 Å². The maximum absolute atomic E-state index is 12.6. The van der Waals surface area contributed by atoms with Crippen molar-refractivity contribution in [3.63, 3.8) is 0 Å². The van der Waals surface area contributed by atoms with Gasteiger partial charge in [-0.1, -0.05) is 57.0 Å². The molecular formula is C25H35N3O2. The van der Waals surface area contributed by atoms with Crippen LogP contribution in [0.1, 0.15) is 61.0 Å². The first kappa shape index (κ1) is 22.3. The lowest BCUT2D eigenvalue weighted by molar-refractivity contribution is 0.0856. The SMILES string of the molecule is CCCC(CCC)Nc1cccc(C(=O)NCC(O)CN2Cc3ccccc3C2)c1. The number of nitrogens with one attached hydrogen (secondary N) is 2. The average Bonchev–Trinajstić information content (AvgIpc) is 3.15. The molecule has 3 N–H and O–H groups in total. The van der Waals surface area contributed by atoms with E-state index in [1.165, 1.54) is 11.1 Å². The zero-order valence-electron chi connectivity index (χ0n) is 18.2. The Labute approximate surface area is 180 Å². The molecule has 0 saturated heterocycles. The Bertz CT molecular complexity index is 793. The summed E-state index contributed by atoms with van der Waals surface area (Å²) in [5.41, 5.74) is 4.24. The molecule has 2 aromatic rings. The highest BCUT2D eigenvalue weighted by molar-refractivity contribution is 5.95. The molecule has 1 amide bonds. The first-order valence-corrected chi connectivity index (χ1v) is 11.2. The molecule has 0 aliphatic carbocycles. The third-order valence-electron chi connectivity index (χ3n) is 5.64. The van der Waals surface area contributed by atoms with E-state index in [1.807, 2.05) is 24.3 Å². The van der Waals surface area contributed by atoms with Crippen LogP contribution in [0, 0.1) is 0 Å². The van der Waals surface area contributed by atoms with Crippen LogP contribution in [-0.4, -0.2) is 41.1 Å². The summed E-state index contributed by atoms with van der Waals surface area (Å²) in [6.07, 6.45) is 3.92. The number of β-amino-alcohol motifs (C(OH)–C–C–N with tert-alkyl or cyclic N) is 1. The van der Waals surface area contributed by atoms with Crippen LogP contribution in [0.4, 0.5) is 5.69 Å². The van der Waals surface area contributed by atoms with E-state index < -0.39 is 6.10 Å². The Morgan fingerprint density at radius 2 is 1.70 bits per heavy atom. The van der Waals surface area contributed by atoms with Crippen molar-refractivity contribution < 1.29 is 9.90 Å². The van der Waals surface area contributed by atoms with Gasteiger partial charge < -0.3 is 15.7 Å². The van der Waals surface area contributed by atoms with Crippen molar-refractivity contribution in [1.29, 1.82) is 0 Å². The number of anilines is 1. The van der Waals surface area contributed by atoms with Gasteiger partial charge in [0.25, 0.3) is 5.91 Å². The van der Waals surface area contributed by atoms with Crippen molar-refractivity contribution in [3.05, 3.63) is 65.2 Å². The predicted molar refractivity (Wildman–Crippen MR) is 123 cm³/mol. The van der Waals surface area contributed by atoms with Gasteiger partial charge in [0.15, 0.2) is 0 Å². The summed E-state index contributed by atoms with van der Waals surface area (Å²) < 4.78 is 0. The van der Waals surface area contributed by atoms with Gasteiger partial charge in [-0.25, -0.2) is 0 Å². The van der Waals surface area contributed by atoms with Crippen molar-refractivity contribution in [2.45, 2.75) is 64.8 Å². The minimum absolute atomic E-state index is 0.148. The van der Waals surface area contributed by atoms with E-state index in [2.05, 4.69) is 53.6 Å². The van der Waals surface area contributed by atoms with Crippen LogP contribution in [0.5, 0.6) is 0 Å². The van der Waals surface area contributed by atoms with E-state index in [9.17, 15) is 9.90 Å². The predicted octanol–water partition coefficient (Wildman–Crippen LogP) is 4.17. The normalized spacial score (nSPS) is 14.5. The molecule has 30 heavy (non-hydrogen) atoms. The average molecular weight is 410 g/mol. The number of hydrogen-bond donors (Lipinski definition) is 3. The fourth-order valence-corrected chi connectivity index (χ4v) is 4.18. The van der Waals surface area contributed by atoms with Crippen LogP contribution < -0.4 is 10.6 Å². The fourth-order valence-electron chi connectivity index (χ4n) is 4.18. The van der Waals surface area contributed by atoms with Gasteiger partial charge >= 0.3 is 0 Å². The number of hydrogen-bond acceptors (Lipinski definition) is 4. The Morgan fingerprint density at radius 1 is 1.03 bits per heavy atom. The third kappa shape index (κ3) is 6.31. The van der Waals surface area contributed by atoms with Crippen molar-refractivity contribution in [2.24, 2.45) is 0 Å². The van der Waals surface area contributed by atoms with Gasteiger partial charge in [-0.3, -0.25) is 9.69 Å². The second-order valence-corrected chi connectivity index (χ2v) is 8.30. The molecule has 3 rings (SSSR count). The van der Waals surface area contributed by atoms with Gasteiger partial charge in [-0.05, 0) is 42.2 Å². The highest BCUT2D eigenvalue weighted by Crippen LogP contribution is 2.22. The molecule has 2 aromatic carbocycles. The Hall–Kier alpha value is -2.37. The standard InChI is InChI=1S/C25H35N3O2/c1-3-8-22(9-4-2)27-23-13-7-12-19(14-23)25(30)26-15-24(29)18-28-16-20-10-5-6-11-21(20)17-28/h5-7,10-14,22,24,27,29H,3-4,8-9,15-18H2,1-2H3,(H,26,30). The number of benzene rings is 2. The summed E-state index contributed by atoms with van der Waals surface area (Å²) in [7, 11) is 0. The summed E-state index contributed by atoms with van der Waals surface area (Å²) in [4.78, 5) is 14.8.